The Bertz CT molecular complexity index is 733. The molecule has 5 nitrogen and oxygen atoms in total. The zero-order valence-corrected chi connectivity index (χ0v) is 10.4. The number of fused-ring (bicyclic) bond motifs is 1. The van der Waals surface area contributed by atoms with Gasteiger partial charge in [-0.15, -0.1) is 0 Å². The summed E-state index contributed by atoms with van der Waals surface area (Å²) >= 11 is 5.60. The van der Waals surface area contributed by atoms with Gasteiger partial charge in [0.2, 0.25) is 0 Å². The Balaban J connectivity index is 2.40. The zero-order chi connectivity index (χ0) is 14.3. The molecule has 0 amide bonds. The second-order valence-corrected chi connectivity index (χ2v) is 5.28. The second kappa shape index (κ2) is 4.49. The summed E-state index contributed by atoms with van der Waals surface area (Å²) in [5, 5.41) is 0.441. The highest BCUT2D eigenvalue weighted by atomic mass is 35.5. The number of alkyl halides is 3. The zero-order valence-electron chi connectivity index (χ0n) is 8.85. The lowest BCUT2D eigenvalue weighted by Crippen LogP contribution is -2.28. The van der Waals surface area contributed by atoms with Crippen molar-refractivity contribution in [1.82, 2.24) is 9.97 Å². The summed E-state index contributed by atoms with van der Waals surface area (Å²) in [4.78, 5) is 7.42. The second-order valence-electron chi connectivity index (χ2n) is 3.35. The first-order valence-electron chi connectivity index (χ1n) is 4.61. The molecule has 0 unspecified atom stereocenters. The van der Waals surface area contributed by atoms with Gasteiger partial charge in [-0.25, -0.2) is 4.98 Å². The molecule has 0 saturated carbocycles. The minimum absolute atomic E-state index is 0.150. The molecule has 0 aliphatic carbocycles. The van der Waals surface area contributed by atoms with Gasteiger partial charge in [0.25, 0.3) is 0 Å². The van der Waals surface area contributed by atoms with Crippen LogP contribution in [-0.2, 0) is 10.1 Å². The van der Waals surface area contributed by atoms with E-state index in [0.29, 0.717) is 10.9 Å². The number of hydrogen-bond acceptors (Lipinski definition) is 5. The van der Waals surface area contributed by atoms with Gasteiger partial charge in [-0.05, 0) is 6.07 Å². The van der Waals surface area contributed by atoms with Crippen molar-refractivity contribution >= 4 is 32.6 Å². The molecule has 19 heavy (non-hydrogen) atoms. The fraction of sp³-hybridized carbons (Fsp3) is 0.111. The highest BCUT2D eigenvalue weighted by Gasteiger charge is 2.48. The Labute approximate surface area is 110 Å². The third-order valence-electron chi connectivity index (χ3n) is 2.00. The Morgan fingerprint density at radius 3 is 2.47 bits per heavy atom. The minimum Gasteiger partial charge on any atom is -0.374 e. The van der Waals surface area contributed by atoms with Gasteiger partial charge in [0, 0.05) is 17.6 Å². The summed E-state index contributed by atoms with van der Waals surface area (Å²) in [6.45, 7) is 0. The molecule has 0 fully saturated rings. The topological polar surface area (TPSA) is 69.2 Å². The van der Waals surface area contributed by atoms with Crippen LogP contribution >= 0.6 is 11.6 Å². The van der Waals surface area contributed by atoms with E-state index in [0.717, 1.165) is 12.3 Å². The maximum Gasteiger partial charge on any atom is 0.534 e. The van der Waals surface area contributed by atoms with E-state index >= 15 is 0 Å². The molecular formula is C9H4ClF3N2O3S. The van der Waals surface area contributed by atoms with Crippen molar-refractivity contribution in [3.05, 3.63) is 29.7 Å². The number of halogens is 4. The van der Waals surface area contributed by atoms with Crippen molar-refractivity contribution in [3.8, 4) is 5.75 Å². The lowest BCUT2D eigenvalue weighted by Gasteiger charge is -2.09. The van der Waals surface area contributed by atoms with Crippen LogP contribution in [0.5, 0.6) is 5.75 Å². The van der Waals surface area contributed by atoms with Crippen LogP contribution in [0.1, 0.15) is 0 Å². The fourth-order valence-corrected chi connectivity index (χ4v) is 1.79. The summed E-state index contributed by atoms with van der Waals surface area (Å²) < 4.78 is 61.9. The molecule has 0 aromatic carbocycles. The highest BCUT2D eigenvalue weighted by Crippen LogP contribution is 2.28. The van der Waals surface area contributed by atoms with E-state index in [-0.39, 0.29) is 5.15 Å². The Morgan fingerprint density at radius 1 is 1.16 bits per heavy atom. The normalized spacial score (nSPS) is 12.6. The molecule has 0 aliphatic heterocycles. The molecule has 2 aromatic heterocycles. The molecule has 0 atom stereocenters. The summed E-state index contributed by atoms with van der Waals surface area (Å²) in [6, 6.07) is 2.44. The van der Waals surface area contributed by atoms with Crippen LogP contribution in [0, 0.1) is 0 Å². The molecule has 2 rings (SSSR count). The standard InChI is InChI=1S/C9H4ClF3N2O3S/c10-8-2-7-5(3-15-8)1-6(4-14-7)18-19(16,17)9(11,12)13/h1-4H. The molecule has 0 bridgehead atoms. The lowest BCUT2D eigenvalue weighted by molar-refractivity contribution is -0.0500. The average Bonchev–Trinajstić information content (AvgIpc) is 2.27. The van der Waals surface area contributed by atoms with Gasteiger partial charge in [0.15, 0.2) is 5.75 Å². The van der Waals surface area contributed by atoms with E-state index in [1.54, 1.807) is 0 Å². The molecule has 102 valence electrons. The Morgan fingerprint density at radius 2 is 1.84 bits per heavy atom. The monoisotopic (exact) mass is 312 g/mol. The van der Waals surface area contributed by atoms with E-state index in [9.17, 15) is 21.6 Å². The van der Waals surface area contributed by atoms with Crippen molar-refractivity contribution in [2.75, 3.05) is 0 Å². The van der Waals surface area contributed by atoms with Gasteiger partial charge < -0.3 is 4.18 Å². The van der Waals surface area contributed by atoms with Crippen molar-refractivity contribution in [2.45, 2.75) is 5.51 Å². The predicted octanol–water partition coefficient (Wildman–Crippen LogP) is 2.51. The molecule has 10 heteroatoms. The van der Waals surface area contributed by atoms with E-state index in [1.165, 1.54) is 12.3 Å². The summed E-state index contributed by atoms with van der Waals surface area (Å²) in [7, 11) is -5.71. The number of pyridine rings is 2. The third-order valence-corrected chi connectivity index (χ3v) is 3.18. The van der Waals surface area contributed by atoms with Gasteiger partial charge in [-0.3, -0.25) is 4.98 Å². The Kier molecular flexibility index (Phi) is 3.27. The van der Waals surface area contributed by atoms with Crippen LogP contribution in [0.4, 0.5) is 13.2 Å². The number of rotatable bonds is 2. The summed E-state index contributed by atoms with van der Waals surface area (Å²) in [5.41, 5.74) is -5.16. The van der Waals surface area contributed by atoms with Gasteiger partial charge in [0.05, 0.1) is 11.7 Å². The first kappa shape index (κ1) is 13.8. The molecular weight excluding hydrogens is 309 g/mol. The molecule has 0 aliphatic rings. The maximum atomic E-state index is 12.1. The Hall–Kier alpha value is -1.61. The van der Waals surface area contributed by atoms with Gasteiger partial charge >= 0.3 is 15.6 Å². The largest absolute Gasteiger partial charge is 0.534 e. The van der Waals surface area contributed by atoms with E-state index in [1.807, 2.05) is 0 Å². The van der Waals surface area contributed by atoms with Crippen LogP contribution in [-0.4, -0.2) is 23.9 Å². The van der Waals surface area contributed by atoms with Crippen molar-refractivity contribution < 1.29 is 25.8 Å². The van der Waals surface area contributed by atoms with Crippen LogP contribution in [0.25, 0.3) is 10.9 Å². The van der Waals surface area contributed by atoms with Crippen molar-refractivity contribution in [1.29, 1.82) is 0 Å². The summed E-state index contributed by atoms with van der Waals surface area (Å²) in [6.07, 6.45) is 2.08. The van der Waals surface area contributed by atoms with E-state index in [2.05, 4.69) is 14.2 Å². The molecule has 0 saturated heterocycles. The smallest absolute Gasteiger partial charge is 0.374 e. The molecule has 0 N–H and O–H groups in total. The lowest BCUT2D eigenvalue weighted by atomic mass is 10.3. The SMILES string of the molecule is O=S(=O)(Oc1cnc2cc(Cl)ncc2c1)C(F)(F)F. The average molecular weight is 313 g/mol. The minimum atomic E-state index is -5.71. The van der Waals surface area contributed by atoms with E-state index in [4.69, 9.17) is 11.6 Å². The third kappa shape index (κ3) is 2.87. The van der Waals surface area contributed by atoms with Crippen LogP contribution < -0.4 is 4.18 Å². The van der Waals surface area contributed by atoms with Crippen molar-refractivity contribution in [2.24, 2.45) is 0 Å². The van der Waals surface area contributed by atoms with Gasteiger partial charge in [-0.2, -0.15) is 21.6 Å². The van der Waals surface area contributed by atoms with Crippen LogP contribution in [0.3, 0.4) is 0 Å². The number of hydrogen-bond donors (Lipinski definition) is 0. The molecule has 0 radical (unpaired) electrons. The molecule has 2 aromatic rings. The molecule has 0 spiro atoms. The number of nitrogens with zero attached hydrogens (tertiary/aromatic N) is 2. The predicted molar refractivity (Wildman–Crippen MR) is 60.2 cm³/mol. The van der Waals surface area contributed by atoms with Crippen LogP contribution in [0.15, 0.2) is 24.5 Å². The first-order valence-corrected chi connectivity index (χ1v) is 6.40. The number of aromatic nitrogens is 2. The fourth-order valence-electron chi connectivity index (χ4n) is 1.20. The maximum absolute atomic E-state index is 12.1. The first-order chi connectivity index (χ1) is 8.69. The summed E-state index contributed by atoms with van der Waals surface area (Å²) in [5.74, 6) is -0.561. The van der Waals surface area contributed by atoms with Gasteiger partial charge in [0.1, 0.15) is 5.15 Å². The van der Waals surface area contributed by atoms with Crippen LogP contribution in [0.2, 0.25) is 5.15 Å². The molecule has 2 heterocycles. The van der Waals surface area contributed by atoms with Crippen molar-refractivity contribution in [3.63, 3.8) is 0 Å². The highest BCUT2D eigenvalue weighted by molar-refractivity contribution is 7.88. The quantitative estimate of drug-likeness (QED) is 0.484. The van der Waals surface area contributed by atoms with Gasteiger partial charge in [-0.1, -0.05) is 11.6 Å². The van der Waals surface area contributed by atoms with E-state index < -0.39 is 21.4 Å².